The zero-order valence-corrected chi connectivity index (χ0v) is 13.5. The Kier molecular flexibility index (Phi) is 15.8. The smallest absolute Gasteiger partial charge is 0.161 e. The first-order valence-corrected chi connectivity index (χ1v) is 6.25. The fourth-order valence-corrected chi connectivity index (χ4v) is 0.282. The number of azo groups is 1. The maximum Gasteiger partial charge on any atom is 0.161 e. The molecule has 6 nitrogen and oxygen atoms in total. The van der Waals surface area contributed by atoms with Crippen LogP contribution in [0.25, 0.3) is 0 Å². The first-order valence-electron chi connectivity index (χ1n) is 6.25. The molecule has 0 spiro atoms. The summed E-state index contributed by atoms with van der Waals surface area (Å²) in [7, 11) is 0. The average molecular weight is 271 g/mol. The van der Waals surface area contributed by atoms with Crippen LogP contribution in [0.2, 0.25) is 0 Å². The van der Waals surface area contributed by atoms with Gasteiger partial charge in [0.1, 0.15) is 5.78 Å². The Morgan fingerprint density at radius 2 is 1.58 bits per heavy atom. The third-order valence-electron chi connectivity index (χ3n) is 1.15. The van der Waals surface area contributed by atoms with E-state index >= 15 is 0 Å². The molecule has 0 unspecified atom stereocenters. The van der Waals surface area contributed by atoms with Crippen LogP contribution in [-0.4, -0.2) is 23.4 Å². The van der Waals surface area contributed by atoms with Gasteiger partial charge in [-0.25, -0.2) is 0 Å². The van der Waals surface area contributed by atoms with Crippen molar-refractivity contribution in [1.82, 2.24) is 5.43 Å². The molecule has 0 heterocycles. The van der Waals surface area contributed by atoms with Crippen LogP contribution in [0.15, 0.2) is 10.2 Å². The van der Waals surface area contributed by atoms with Crippen LogP contribution in [0, 0.1) is 11.3 Å². The lowest BCUT2D eigenvalue weighted by molar-refractivity contribution is -0.114. The van der Waals surface area contributed by atoms with E-state index in [-0.39, 0.29) is 11.8 Å². The summed E-state index contributed by atoms with van der Waals surface area (Å²) in [5, 5.41) is 16.2. The highest BCUT2D eigenvalue weighted by atomic mass is 16.1. The summed E-state index contributed by atoms with van der Waals surface area (Å²) in [6.07, 6.45) is 0. The van der Waals surface area contributed by atoms with Crippen LogP contribution < -0.4 is 11.3 Å². The lowest BCUT2D eigenvalue weighted by Crippen LogP contribution is -2.29. The van der Waals surface area contributed by atoms with Crippen molar-refractivity contribution < 1.29 is 4.79 Å². The number of carbonyl (C=O) groups excluding carboxylic acids is 1. The summed E-state index contributed by atoms with van der Waals surface area (Å²) in [6.45, 7) is 14.4. The molecule has 0 aromatic rings. The summed E-state index contributed by atoms with van der Waals surface area (Å²) in [4.78, 5) is 9.44. The fraction of sp³-hybridized carbons (Fsp3) is 0.846. The van der Waals surface area contributed by atoms with E-state index in [9.17, 15) is 4.79 Å². The number of ketones is 1. The van der Waals surface area contributed by atoms with Gasteiger partial charge >= 0.3 is 0 Å². The van der Waals surface area contributed by atoms with Gasteiger partial charge in [-0.2, -0.15) is 15.5 Å². The highest BCUT2D eigenvalue weighted by Crippen LogP contribution is 2.07. The second-order valence-electron chi connectivity index (χ2n) is 5.21. The number of hydrazine groups is 1. The molecule has 0 fully saturated rings. The highest BCUT2D eigenvalue weighted by molar-refractivity contribution is 5.72. The number of hydrogen-bond donors (Lipinski definition) is 2. The van der Waals surface area contributed by atoms with Crippen LogP contribution in [0.1, 0.15) is 55.4 Å². The van der Waals surface area contributed by atoms with E-state index in [2.05, 4.69) is 15.7 Å². The van der Waals surface area contributed by atoms with Gasteiger partial charge in [0.25, 0.3) is 0 Å². The molecule has 0 atom stereocenters. The van der Waals surface area contributed by atoms with Crippen LogP contribution in [-0.2, 0) is 4.79 Å². The van der Waals surface area contributed by atoms with Crippen LogP contribution >= 0.6 is 0 Å². The standard InChI is InChI=1S/C7H13N3.C3H10N2.C3H6O/c1-6(2)9-10-7(3,4)5-8;1-3(2)5-4;1-3(2)4/h6H,1-4H3;3,5H,4H2,1-2H3;1-2H3/b10-9+;;. The molecule has 0 aliphatic carbocycles. The third-order valence-corrected chi connectivity index (χ3v) is 1.15. The molecule has 6 heteroatoms. The van der Waals surface area contributed by atoms with E-state index in [0.717, 1.165) is 0 Å². The van der Waals surface area contributed by atoms with Crippen molar-refractivity contribution in [3.63, 3.8) is 0 Å². The normalized spacial score (nSPS) is 10.4. The average Bonchev–Trinajstić information content (AvgIpc) is 2.26. The molecule has 0 rings (SSSR count). The number of nitrogens with two attached hydrogens (primary N) is 1. The second kappa shape index (κ2) is 13.1. The van der Waals surface area contributed by atoms with Crippen LogP contribution in [0.3, 0.4) is 0 Å². The maximum atomic E-state index is 9.44. The molecular weight excluding hydrogens is 242 g/mol. The molecule has 0 radical (unpaired) electrons. The van der Waals surface area contributed by atoms with E-state index in [1.807, 2.05) is 33.8 Å². The molecule has 0 saturated carbocycles. The molecule has 0 aromatic heterocycles. The Hall–Kier alpha value is -1.32. The van der Waals surface area contributed by atoms with Gasteiger partial charge in [0.15, 0.2) is 5.54 Å². The monoisotopic (exact) mass is 271 g/mol. The lowest BCUT2D eigenvalue weighted by atomic mass is 10.1. The number of carbonyl (C=O) groups is 1. The summed E-state index contributed by atoms with van der Waals surface area (Å²) in [5.41, 5.74) is 1.87. The van der Waals surface area contributed by atoms with Crippen molar-refractivity contribution in [3.05, 3.63) is 0 Å². The van der Waals surface area contributed by atoms with E-state index in [1.165, 1.54) is 13.8 Å². The van der Waals surface area contributed by atoms with E-state index in [1.54, 1.807) is 13.8 Å². The summed E-state index contributed by atoms with van der Waals surface area (Å²) < 4.78 is 0. The molecule has 0 saturated heterocycles. The molecule has 3 N–H and O–H groups in total. The van der Waals surface area contributed by atoms with Gasteiger partial charge in [0, 0.05) is 6.04 Å². The van der Waals surface area contributed by atoms with Gasteiger partial charge in [-0.3, -0.25) is 11.3 Å². The third kappa shape index (κ3) is 38.4. The van der Waals surface area contributed by atoms with Crippen molar-refractivity contribution in [1.29, 1.82) is 5.26 Å². The van der Waals surface area contributed by atoms with Crippen molar-refractivity contribution in [2.45, 2.75) is 73.0 Å². The van der Waals surface area contributed by atoms with Crippen molar-refractivity contribution >= 4 is 5.78 Å². The quantitative estimate of drug-likeness (QED) is 0.467. The Morgan fingerprint density at radius 1 is 1.26 bits per heavy atom. The maximum absolute atomic E-state index is 9.44. The van der Waals surface area contributed by atoms with Gasteiger partial charge in [-0.1, -0.05) is 0 Å². The van der Waals surface area contributed by atoms with Crippen molar-refractivity contribution in [2.24, 2.45) is 16.1 Å². The largest absolute Gasteiger partial charge is 0.300 e. The van der Waals surface area contributed by atoms with Crippen molar-refractivity contribution in [3.8, 4) is 6.07 Å². The SMILES string of the molecule is CC(C)/N=N/C(C)(C)C#N.CC(C)=O.CC(C)NN. The number of nitriles is 1. The Morgan fingerprint density at radius 3 is 1.74 bits per heavy atom. The molecule has 0 bridgehead atoms. The summed E-state index contributed by atoms with van der Waals surface area (Å²) in [6, 6.07) is 2.62. The lowest BCUT2D eigenvalue weighted by Gasteiger charge is -2.06. The highest BCUT2D eigenvalue weighted by Gasteiger charge is 2.13. The number of hydrogen-bond acceptors (Lipinski definition) is 6. The number of nitrogens with one attached hydrogen (secondary N) is 1. The van der Waals surface area contributed by atoms with Gasteiger partial charge in [0.05, 0.1) is 12.1 Å². The van der Waals surface area contributed by atoms with Gasteiger partial charge in [-0.15, -0.1) is 0 Å². The minimum absolute atomic E-state index is 0.167. The number of Topliss-reactive ketones (excluding diaryl/α,β-unsaturated/α-hetero) is 1. The fourth-order valence-electron chi connectivity index (χ4n) is 0.282. The summed E-state index contributed by atoms with van der Waals surface area (Å²) in [5.74, 6) is 5.09. The van der Waals surface area contributed by atoms with E-state index in [4.69, 9.17) is 11.1 Å². The van der Waals surface area contributed by atoms with Gasteiger partial charge in [-0.05, 0) is 55.4 Å². The molecule has 0 aromatic carbocycles. The second-order valence-corrected chi connectivity index (χ2v) is 5.21. The first kappa shape index (κ1) is 22.8. The first-order chi connectivity index (χ1) is 8.48. The molecule has 0 amide bonds. The molecular formula is C13H29N5O. The van der Waals surface area contributed by atoms with E-state index < -0.39 is 5.54 Å². The number of rotatable bonds is 3. The predicted molar refractivity (Wildman–Crippen MR) is 78.5 cm³/mol. The minimum Gasteiger partial charge on any atom is -0.300 e. The van der Waals surface area contributed by atoms with E-state index in [0.29, 0.717) is 6.04 Å². The van der Waals surface area contributed by atoms with Crippen LogP contribution in [0.4, 0.5) is 0 Å². The zero-order chi connectivity index (χ0) is 16.1. The predicted octanol–water partition coefficient (Wildman–Crippen LogP) is 2.60. The molecule has 0 aliphatic rings. The van der Waals surface area contributed by atoms with Crippen LogP contribution in [0.5, 0.6) is 0 Å². The Labute approximate surface area is 117 Å². The minimum atomic E-state index is -0.662. The molecule has 19 heavy (non-hydrogen) atoms. The number of nitrogens with zero attached hydrogens (tertiary/aromatic N) is 3. The summed E-state index contributed by atoms with van der Waals surface area (Å²) >= 11 is 0. The zero-order valence-electron chi connectivity index (χ0n) is 13.5. The molecule has 0 aliphatic heterocycles. The molecule has 112 valence electrons. The van der Waals surface area contributed by atoms with Gasteiger partial charge < -0.3 is 4.79 Å². The van der Waals surface area contributed by atoms with Crippen molar-refractivity contribution in [2.75, 3.05) is 0 Å². The topological polar surface area (TPSA) is 104 Å². The van der Waals surface area contributed by atoms with Gasteiger partial charge in [0.2, 0.25) is 0 Å². The Balaban J connectivity index is -0.000000238. The Bertz CT molecular complexity index is 286.